The van der Waals surface area contributed by atoms with E-state index in [1.54, 1.807) is 23.7 Å². The van der Waals surface area contributed by atoms with E-state index >= 15 is 0 Å². The molecular formula is C16H19NO3. The van der Waals surface area contributed by atoms with Gasteiger partial charge in [-0.1, -0.05) is 26.8 Å². The van der Waals surface area contributed by atoms with Crippen molar-refractivity contribution in [2.45, 2.75) is 26.2 Å². The highest BCUT2D eigenvalue weighted by molar-refractivity contribution is 5.96. The zero-order chi connectivity index (χ0) is 15.1. The first-order chi connectivity index (χ1) is 9.25. The third-order valence-corrected chi connectivity index (χ3v) is 3.41. The molecule has 0 aliphatic carbocycles. The molecule has 2 aromatic rings. The molecule has 0 spiro atoms. The lowest BCUT2D eigenvalue weighted by Gasteiger charge is -2.22. The van der Waals surface area contributed by atoms with E-state index < -0.39 is 5.97 Å². The number of hydrogen-bond acceptors (Lipinski definition) is 3. The highest BCUT2D eigenvalue weighted by Crippen LogP contribution is 2.28. The SMILES string of the molecule is COC(=O)c1ccc2c(C(C)(C)C)cn(C)c(=O)c2c1. The molecule has 1 heterocycles. The number of benzene rings is 1. The van der Waals surface area contributed by atoms with Crippen molar-refractivity contribution >= 4 is 16.7 Å². The number of carbonyl (C=O) groups is 1. The van der Waals surface area contributed by atoms with Crippen LogP contribution in [0.4, 0.5) is 0 Å². The number of nitrogens with zero attached hydrogens (tertiary/aromatic N) is 1. The average Bonchev–Trinajstić information content (AvgIpc) is 2.40. The Morgan fingerprint density at radius 3 is 2.40 bits per heavy atom. The van der Waals surface area contributed by atoms with Crippen LogP contribution >= 0.6 is 0 Å². The Balaban J connectivity index is 2.86. The minimum absolute atomic E-state index is 0.0868. The van der Waals surface area contributed by atoms with Gasteiger partial charge >= 0.3 is 5.97 Å². The number of carbonyl (C=O) groups excluding carboxylic acids is 1. The van der Waals surface area contributed by atoms with E-state index in [1.807, 2.05) is 12.3 Å². The summed E-state index contributed by atoms with van der Waals surface area (Å²) in [6, 6.07) is 5.13. The highest BCUT2D eigenvalue weighted by atomic mass is 16.5. The van der Waals surface area contributed by atoms with Gasteiger partial charge in [-0.25, -0.2) is 4.79 Å². The van der Waals surface area contributed by atoms with Crippen molar-refractivity contribution in [2.75, 3.05) is 7.11 Å². The van der Waals surface area contributed by atoms with E-state index in [2.05, 4.69) is 20.8 Å². The van der Waals surface area contributed by atoms with Gasteiger partial charge in [-0.2, -0.15) is 0 Å². The molecule has 0 aliphatic rings. The molecule has 4 nitrogen and oxygen atoms in total. The molecule has 0 aliphatic heterocycles. The van der Waals surface area contributed by atoms with Gasteiger partial charge in [0.25, 0.3) is 5.56 Å². The quantitative estimate of drug-likeness (QED) is 0.750. The smallest absolute Gasteiger partial charge is 0.337 e. The minimum Gasteiger partial charge on any atom is -0.465 e. The van der Waals surface area contributed by atoms with Crippen LogP contribution < -0.4 is 5.56 Å². The van der Waals surface area contributed by atoms with Crippen LogP contribution in [0.25, 0.3) is 10.8 Å². The molecule has 0 saturated heterocycles. The minimum atomic E-state index is -0.435. The molecule has 1 aromatic heterocycles. The molecule has 20 heavy (non-hydrogen) atoms. The Morgan fingerprint density at radius 2 is 1.85 bits per heavy atom. The van der Waals surface area contributed by atoms with Crippen LogP contribution in [0.2, 0.25) is 0 Å². The summed E-state index contributed by atoms with van der Waals surface area (Å²) < 4.78 is 6.26. The maximum Gasteiger partial charge on any atom is 0.337 e. The summed E-state index contributed by atoms with van der Waals surface area (Å²) in [5.74, 6) is -0.435. The lowest BCUT2D eigenvalue weighted by atomic mass is 9.85. The largest absolute Gasteiger partial charge is 0.465 e. The van der Waals surface area contributed by atoms with Crippen LogP contribution in [0.15, 0.2) is 29.2 Å². The van der Waals surface area contributed by atoms with Gasteiger partial charge in [0.1, 0.15) is 0 Å². The number of methoxy groups -OCH3 is 1. The third kappa shape index (κ3) is 2.33. The Hall–Kier alpha value is -2.10. The van der Waals surface area contributed by atoms with E-state index in [4.69, 9.17) is 4.74 Å². The fraction of sp³-hybridized carbons (Fsp3) is 0.375. The summed E-state index contributed by atoms with van der Waals surface area (Å²) in [6.07, 6.45) is 1.86. The molecule has 0 unspecified atom stereocenters. The van der Waals surface area contributed by atoms with Crippen LogP contribution in [-0.2, 0) is 17.2 Å². The molecule has 0 amide bonds. The predicted octanol–water partition coefficient (Wildman–Crippen LogP) is 2.62. The van der Waals surface area contributed by atoms with Gasteiger partial charge in [0.2, 0.25) is 0 Å². The van der Waals surface area contributed by atoms with Crippen molar-refractivity contribution in [3.63, 3.8) is 0 Å². The number of pyridine rings is 1. The van der Waals surface area contributed by atoms with Crippen LogP contribution in [0.5, 0.6) is 0 Å². The molecule has 0 radical (unpaired) electrons. The number of hydrogen-bond donors (Lipinski definition) is 0. The first-order valence-electron chi connectivity index (χ1n) is 6.48. The summed E-state index contributed by atoms with van der Waals surface area (Å²) in [7, 11) is 3.05. The summed E-state index contributed by atoms with van der Waals surface area (Å²) in [6.45, 7) is 6.29. The van der Waals surface area contributed by atoms with Crippen molar-refractivity contribution in [3.05, 3.63) is 45.9 Å². The normalized spacial score (nSPS) is 11.7. The number of rotatable bonds is 1. The number of aromatic nitrogens is 1. The number of aryl methyl sites for hydroxylation is 1. The summed E-state index contributed by atoms with van der Waals surface area (Å²) in [5.41, 5.74) is 1.27. The van der Waals surface area contributed by atoms with Gasteiger partial charge in [0, 0.05) is 18.6 Å². The number of ether oxygens (including phenoxy) is 1. The molecule has 106 valence electrons. The van der Waals surface area contributed by atoms with Gasteiger partial charge in [0.05, 0.1) is 12.7 Å². The second kappa shape index (κ2) is 4.78. The topological polar surface area (TPSA) is 48.3 Å². The lowest BCUT2D eigenvalue weighted by Crippen LogP contribution is -2.22. The predicted molar refractivity (Wildman–Crippen MR) is 79.2 cm³/mol. The van der Waals surface area contributed by atoms with E-state index in [0.717, 1.165) is 10.9 Å². The lowest BCUT2D eigenvalue weighted by molar-refractivity contribution is 0.0601. The maximum absolute atomic E-state index is 12.3. The molecule has 0 bridgehead atoms. The standard InChI is InChI=1S/C16H19NO3/c1-16(2,3)13-9-17(4)14(18)12-8-10(15(19)20-5)6-7-11(12)13/h6-9H,1-5H3. The van der Waals surface area contributed by atoms with E-state index in [1.165, 1.54) is 7.11 Å². The van der Waals surface area contributed by atoms with Gasteiger partial charge in [-0.05, 0) is 28.5 Å². The molecule has 0 saturated carbocycles. The first-order valence-corrected chi connectivity index (χ1v) is 6.48. The highest BCUT2D eigenvalue weighted by Gasteiger charge is 2.20. The Kier molecular flexibility index (Phi) is 3.42. The van der Waals surface area contributed by atoms with E-state index in [-0.39, 0.29) is 11.0 Å². The molecule has 2 rings (SSSR count). The Morgan fingerprint density at radius 1 is 1.20 bits per heavy atom. The molecule has 0 atom stereocenters. The van der Waals surface area contributed by atoms with Crippen LogP contribution in [0, 0.1) is 0 Å². The van der Waals surface area contributed by atoms with Crippen molar-refractivity contribution in [3.8, 4) is 0 Å². The summed E-state index contributed by atoms with van der Waals surface area (Å²) in [5, 5.41) is 1.43. The van der Waals surface area contributed by atoms with E-state index in [0.29, 0.717) is 10.9 Å². The zero-order valence-electron chi connectivity index (χ0n) is 12.5. The first kappa shape index (κ1) is 14.3. The zero-order valence-corrected chi connectivity index (χ0v) is 12.5. The van der Waals surface area contributed by atoms with Crippen molar-refractivity contribution in [1.29, 1.82) is 0 Å². The Bertz CT molecular complexity index is 736. The molecule has 0 N–H and O–H groups in total. The fourth-order valence-electron chi connectivity index (χ4n) is 2.31. The molecular weight excluding hydrogens is 254 g/mol. The van der Waals surface area contributed by atoms with Crippen LogP contribution in [0.3, 0.4) is 0 Å². The third-order valence-electron chi connectivity index (χ3n) is 3.41. The fourth-order valence-corrected chi connectivity index (χ4v) is 2.31. The molecule has 0 fully saturated rings. The molecule has 1 aromatic carbocycles. The number of fused-ring (bicyclic) bond motifs is 1. The van der Waals surface area contributed by atoms with Crippen molar-refractivity contribution in [2.24, 2.45) is 7.05 Å². The van der Waals surface area contributed by atoms with Crippen molar-refractivity contribution in [1.82, 2.24) is 4.57 Å². The van der Waals surface area contributed by atoms with E-state index in [9.17, 15) is 9.59 Å². The van der Waals surface area contributed by atoms with Crippen molar-refractivity contribution < 1.29 is 9.53 Å². The second-order valence-electron chi connectivity index (χ2n) is 5.96. The maximum atomic E-state index is 12.3. The summed E-state index contributed by atoms with van der Waals surface area (Å²) in [4.78, 5) is 23.9. The van der Waals surface area contributed by atoms with Gasteiger partial charge in [-0.3, -0.25) is 4.79 Å². The van der Waals surface area contributed by atoms with Crippen LogP contribution in [0.1, 0.15) is 36.7 Å². The summed E-state index contributed by atoms with van der Waals surface area (Å²) >= 11 is 0. The Labute approximate surface area is 118 Å². The number of esters is 1. The second-order valence-corrected chi connectivity index (χ2v) is 5.96. The van der Waals surface area contributed by atoms with Gasteiger partial charge < -0.3 is 9.30 Å². The van der Waals surface area contributed by atoms with Gasteiger partial charge in [-0.15, -0.1) is 0 Å². The van der Waals surface area contributed by atoms with Gasteiger partial charge in [0.15, 0.2) is 0 Å². The van der Waals surface area contributed by atoms with Crippen LogP contribution in [-0.4, -0.2) is 17.6 Å². The molecule has 4 heteroatoms. The monoisotopic (exact) mass is 273 g/mol. The average molecular weight is 273 g/mol.